The SMILES string of the molecule is CCCn1c(OC2(C)CCOC2)nc2cc(C3CCCCC3)[nH]c2c1=O. The number of ether oxygens (including phenoxy) is 2. The minimum absolute atomic E-state index is 0.0311. The van der Waals surface area contributed by atoms with Gasteiger partial charge in [-0.05, 0) is 38.2 Å². The van der Waals surface area contributed by atoms with E-state index in [-0.39, 0.29) is 5.56 Å². The van der Waals surface area contributed by atoms with E-state index in [1.54, 1.807) is 4.57 Å². The van der Waals surface area contributed by atoms with Crippen LogP contribution in [0.5, 0.6) is 6.01 Å². The van der Waals surface area contributed by atoms with E-state index in [0.717, 1.165) is 24.1 Å². The van der Waals surface area contributed by atoms with Crippen LogP contribution in [-0.2, 0) is 11.3 Å². The third kappa shape index (κ3) is 3.27. The number of rotatable bonds is 5. The van der Waals surface area contributed by atoms with Crippen LogP contribution in [0.4, 0.5) is 0 Å². The number of fused-ring (bicyclic) bond motifs is 1. The monoisotopic (exact) mass is 359 g/mol. The molecule has 1 unspecified atom stereocenters. The molecule has 0 radical (unpaired) electrons. The van der Waals surface area contributed by atoms with Crippen molar-refractivity contribution in [2.45, 2.75) is 76.9 Å². The van der Waals surface area contributed by atoms with Crippen molar-refractivity contribution in [2.75, 3.05) is 13.2 Å². The number of H-pyrrole nitrogens is 1. The average molecular weight is 359 g/mol. The van der Waals surface area contributed by atoms with Crippen LogP contribution in [0, 0.1) is 0 Å². The van der Waals surface area contributed by atoms with Gasteiger partial charge < -0.3 is 14.5 Å². The van der Waals surface area contributed by atoms with Crippen molar-refractivity contribution in [3.05, 3.63) is 22.1 Å². The minimum atomic E-state index is -0.412. The fourth-order valence-electron chi connectivity index (χ4n) is 4.18. The van der Waals surface area contributed by atoms with Crippen LogP contribution in [0.2, 0.25) is 0 Å². The second kappa shape index (κ2) is 7.06. The summed E-state index contributed by atoms with van der Waals surface area (Å²) in [5.74, 6) is 0.516. The number of nitrogens with one attached hydrogen (secondary N) is 1. The molecule has 2 fully saturated rings. The van der Waals surface area contributed by atoms with E-state index in [2.05, 4.69) is 18.0 Å². The summed E-state index contributed by atoms with van der Waals surface area (Å²) >= 11 is 0. The van der Waals surface area contributed by atoms with Crippen LogP contribution < -0.4 is 10.3 Å². The molecule has 3 heterocycles. The molecule has 1 N–H and O–H groups in total. The first-order valence-electron chi connectivity index (χ1n) is 10.00. The van der Waals surface area contributed by atoms with Crippen LogP contribution in [-0.4, -0.2) is 33.3 Å². The van der Waals surface area contributed by atoms with Crippen molar-refractivity contribution in [2.24, 2.45) is 0 Å². The van der Waals surface area contributed by atoms with Crippen LogP contribution in [0.15, 0.2) is 10.9 Å². The Morgan fingerprint density at radius 3 is 2.88 bits per heavy atom. The normalized spacial score (nSPS) is 24.4. The molecule has 2 aromatic rings. The molecule has 2 aliphatic rings. The summed E-state index contributed by atoms with van der Waals surface area (Å²) < 4.78 is 13.4. The zero-order valence-corrected chi connectivity index (χ0v) is 15.8. The van der Waals surface area contributed by atoms with Gasteiger partial charge in [-0.3, -0.25) is 9.36 Å². The minimum Gasteiger partial charge on any atom is -0.456 e. The van der Waals surface area contributed by atoms with Crippen LogP contribution in [0.1, 0.15) is 70.4 Å². The molecule has 1 saturated carbocycles. The van der Waals surface area contributed by atoms with Crippen molar-refractivity contribution in [1.82, 2.24) is 14.5 Å². The molecule has 4 rings (SSSR count). The molecule has 1 aliphatic carbocycles. The van der Waals surface area contributed by atoms with E-state index in [4.69, 9.17) is 14.5 Å². The maximum absolute atomic E-state index is 13.1. The first kappa shape index (κ1) is 17.6. The molecule has 0 amide bonds. The highest BCUT2D eigenvalue weighted by atomic mass is 16.6. The standard InChI is InChI=1S/C20H29N3O3/c1-3-10-23-18(24)17-16(12-15(21-17)14-7-5-4-6-8-14)22-19(23)26-20(2)9-11-25-13-20/h12,14,21H,3-11,13H2,1-2H3. The summed E-state index contributed by atoms with van der Waals surface area (Å²) in [6.07, 6.45) is 7.89. The molecule has 1 saturated heterocycles. The highest BCUT2D eigenvalue weighted by Crippen LogP contribution is 2.33. The smallest absolute Gasteiger partial charge is 0.300 e. The highest BCUT2D eigenvalue weighted by Gasteiger charge is 2.34. The van der Waals surface area contributed by atoms with E-state index in [1.165, 1.54) is 32.1 Å². The Bertz CT molecular complexity index is 827. The molecule has 26 heavy (non-hydrogen) atoms. The summed E-state index contributed by atoms with van der Waals surface area (Å²) in [6, 6.07) is 2.48. The molecule has 2 aromatic heterocycles. The highest BCUT2D eigenvalue weighted by molar-refractivity contribution is 5.75. The number of aromatic nitrogens is 3. The zero-order valence-electron chi connectivity index (χ0n) is 15.8. The molecule has 0 aromatic carbocycles. The Labute approximate surface area is 153 Å². The lowest BCUT2D eigenvalue weighted by Crippen LogP contribution is -2.36. The predicted molar refractivity (Wildman–Crippen MR) is 101 cm³/mol. The van der Waals surface area contributed by atoms with Crippen LogP contribution in [0.25, 0.3) is 11.0 Å². The van der Waals surface area contributed by atoms with Gasteiger partial charge in [-0.15, -0.1) is 0 Å². The number of aromatic amines is 1. The Morgan fingerprint density at radius 2 is 2.19 bits per heavy atom. The Morgan fingerprint density at radius 1 is 1.38 bits per heavy atom. The fourth-order valence-corrected chi connectivity index (χ4v) is 4.18. The molecular weight excluding hydrogens is 330 g/mol. The van der Waals surface area contributed by atoms with Crippen LogP contribution >= 0.6 is 0 Å². The largest absolute Gasteiger partial charge is 0.456 e. The van der Waals surface area contributed by atoms with Crippen molar-refractivity contribution in [3.63, 3.8) is 0 Å². The first-order chi connectivity index (χ1) is 12.6. The fraction of sp³-hybridized carbons (Fsp3) is 0.700. The molecule has 0 bridgehead atoms. The Hall–Kier alpha value is -1.82. The van der Waals surface area contributed by atoms with Crippen molar-refractivity contribution in [3.8, 4) is 6.01 Å². The number of hydrogen-bond donors (Lipinski definition) is 1. The van der Waals surface area contributed by atoms with E-state index in [9.17, 15) is 4.79 Å². The summed E-state index contributed by atoms with van der Waals surface area (Å²) in [7, 11) is 0. The summed E-state index contributed by atoms with van der Waals surface area (Å²) in [4.78, 5) is 21.2. The maximum Gasteiger partial charge on any atom is 0.300 e. The van der Waals surface area contributed by atoms with Crippen molar-refractivity contribution >= 4 is 11.0 Å². The molecule has 1 aliphatic heterocycles. The van der Waals surface area contributed by atoms with Gasteiger partial charge in [0.15, 0.2) is 0 Å². The topological polar surface area (TPSA) is 69.1 Å². The molecule has 142 valence electrons. The zero-order chi connectivity index (χ0) is 18.1. The van der Waals surface area contributed by atoms with Gasteiger partial charge in [-0.25, -0.2) is 0 Å². The van der Waals surface area contributed by atoms with Crippen LogP contribution in [0.3, 0.4) is 0 Å². The predicted octanol–water partition coefficient (Wildman–Crippen LogP) is 3.74. The number of hydrogen-bond acceptors (Lipinski definition) is 4. The van der Waals surface area contributed by atoms with Crippen molar-refractivity contribution < 1.29 is 9.47 Å². The summed E-state index contributed by atoms with van der Waals surface area (Å²) in [6.45, 7) is 5.91. The summed E-state index contributed by atoms with van der Waals surface area (Å²) in [5, 5.41) is 0. The van der Waals surface area contributed by atoms with Gasteiger partial charge in [-0.1, -0.05) is 26.2 Å². The van der Waals surface area contributed by atoms with Gasteiger partial charge in [0.1, 0.15) is 11.1 Å². The lowest BCUT2D eigenvalue weighted by molar-refractivity contribution is 0.0527. The Balaban J connectivity index is 1.75. The maximum atomic E-state index is 13.1. The second-order valence-corrected chi connectivity index (χ2v) is 8.03. The van der Waals surface area contributed by atoms with Gasteiger partial charge >= 0.3 is 0 Å². The quantitative estimate of drug-likeness (QED) is 0.883. The summed E-state index contributed by atoms with van der Waals surface area (Å²) in [5.41, 5.74) is 2.04. The number of nitrogens with zero attached hydrogens (tertiary/aromatic N) is 2. The van der Waals surface area contributed by atoms with Gasteiger partial charge in [0, 0.05) is 18.7 Å². The third-order valence-electron chi connectivity index (χ3n) is 5.74. The Kier molecular flexibility index (Phi) is 4.78. The molecular formula is C20H29N3O3. The average Bonchev–Trinajstić information content (AvgIpc) is 3.26. The van der Waals surface area contributed by atoms with Gasteiger partial charge in [0.2, 0.25) is 0 Å². The third-order valence-corrected chi connectivity index (χ3v) is 5.74. The van der Waals surface area contributed by atoms with E-state index >= 15 is 0 Å². The van der Waals surface area contributed by atoms with E-state index in [1.807, 2.05) is 6.92 Å². The first-order valence-corrected chi connectivity index (χ1v) is 10.00. The lowest BCUT2D eigenvalue weighted by Gasteiger charge is -2.24. The van der Waals surface area contributed by atoms with E-state index in [0.29, 0.717) is 37.2 Å². The molecule has 6 heteroatoms. The van der Waals surface area contributed by atoms with Crippen molar-refractivity contribution in [1.29, 1.82) is 0 Å². The second-order valence-electron chi connectivity index (χ2n) is 8.03. The van der Waals surface area contributed by atoms with Gasteiger partial charge in [-0.2, -0.15) is 4.98 Å². The van der Waals surface area contributed by atoms with E-state index < -0.39 is 5.60 Å². The molecule has 6 nitrogen and oxygen atoms in total. The van der Waals surface area contributed by atoms with Gasteiger partial charge in [0.25, 0.3) is 11.6 Å². The molecule has 0 spiro atoms. The molecule has 1 atom stereocenters. The lowest BCUT2D eigenvalue weighted by atomic mass is 9.87. The van der Waals surface area contributed by atoms with Gasteiger partial charge in [0.05, 0.1) is 18.7 Å².